The number of nitrogens with one attached hydrogen (secondary N) is 1. The number of rotatable bonds is 13. The van der Waals surface area contributed by atoms with E-state index < -0.39 is 16.1 Å². The molecule has 1 N–H and O–H groups in total. The van der Waals surface area contributed by atoms with Gasteiger partial charge >= 0.3 is 0 Å². The topological polar surface area (TPSA) is 96.0 Å². The van der Waals surface area contributed by atoms with Crippen LogP contribution in [0.15, 0.2) is 77.7 Å². The molecule has 0 saturated carbocycles. The van der Waals surface area contributed by atoms with E-state index in [4.69, 9.17) is 16.3 Å². The zero-order valence-corrected chi connectivity index (χ0v) is 25.7. The SMILES string of the molecule is COc1ccc(CCNC(=O)C(C)N(Cc2ccc(Cl)cc2)C(=O)CCc2ccc(S(=O)(=O)N3CCCC3)cc2)cc1. The first-order valence-corrected chi connectivity index (χ1v) is 16.0. The number of methoxy groups -OCH3 is 1. The summed E-state index contributed by atoms with van der Waals surface area (Å²) in [4.78, 5) is 28.5. The largest absolute Gasteiger partial charge is 0.497 e. The third-order valence-electron chi connectivity index (χ3n) is 7.56. The van der Waals surface area contributed by atoms with Crippen molar-refractivity contribution in [2.45, 2.75) is 56.5 Å². The Hall–Kier alpha value is -3.40. The van der Waals surface area contributed by atoms with E-state index >= 15 is 0 Å². The minimum atomic E-state index is -3.49. The van der Waals surface area contributed by atoms with Crippen LogP contribution < -0.4 is 10.1 Å². The minimum absolute atomic E-state index is 0.170. The fraction of sp³-hybridized carbons (Fsp3) is 0.375. The minimum Gasteiger partial charge on any atom is -0.497 e. The molecule has 4 rings (SSSR count). The summed E-state index contributed by atoms with van der Waals surface area (Å²) in [5.41, 5.74) is 2.78. The van der Waals surface area contributed by atoms with E-state index in [1.165, 1.54) is 4.31 Å². The fourth-order valence-corrected chi connectivity index (χ4v) is 6.58. The molecule has 1 aliphatic heterocycles. The highest BCUT2D eigenvalue weighted by molar-refractivity contribution is 7.89. The number of aryl methyl sites for hydroxylation is 1. The number of benzene rings is 3. The van der Waals surface area contributed by atoms with Crippen LogP contribution in [0.4, 0.5) is 0 Å². The van der Waals surface area contributed by atoms with Gasteiger partial charge in [0.2, 0.25) is 21.8 Å². The number of halogens is 1. The molecule has 1 fully saturated rings. The van der Waals surface area contributed by atoms with Crippen LogP contribution in [0.5, 0.6) is 5.75 Å². The summed E-state index contributed by atoms with van der Waals surface area (Å²) in [5, 5.41) is 3.55. The van der Waals surface area contributed by atoms with Gasteiger partial charge in [0.1, 0.15) is 11.8 Å². The van der Waals surface area contributed by atoms with Crippen LogP contribution in [0.1, 0.15) is 42.9 Å². The maximum absolute atomic E-state index is 13.5. The first-order chi connectivity index (χ1) is 20.2. The van der Waals surface area contributed by atoms with E-state index in [1.807, 2.05) is 36.4 Å². The van der Waals surface area contributed by atoms with Crippen molar-refractivity contribution in [1.29, 1.82) is 0 Å². The third-order valence-corrected chi connectivity index (χ3v) is 9.72. The molecule has 0 radical (unpaired) electrons. The number of hydrogen-bond acceptors (Lipinski definition) is 5. The lowest BCUT2D eigenvalue weighted by Crippen LogP contribution is -2.48. The van der Waals surface area contributed by atoms with E-state index in [-0.39, 0.29) is 29.7 Å². The molecular weight excluding hydrogens is 574 g/mol. The second kappa shape index (κ2) is 14.7. The standard InChI is InChI=1S/C32H38ClN3O5S/c1-24(32(38)34-20-19-26-7-14-29(41-2)15-8-26)36(23-27-5-12-28(33)13-6-27)31(37)18-11-25-9-16-30(17-10-25)42(39,40)35-21-3-4-22-35/h5-10,12-17,24H,3-4,11,18-23H2,1-2H3,(H,34,38). The molecule has 10 heteroatoms. The van der Waals surface area contributed by atoms with Gasteiger partial charge in [-0.25, -0.2) is 8.42 Å². The van der Waals surface area contributed by atoms with E-state index in [1.54, 1.807) is 55.3 Å². The third kappa shape index (κ3) is 8.33. The smallest absolute Gasteiger partial charge is 0.243 e. The lowest BCUT2D eigenvalue weighted by Gasteiger charge is -2.29. The maximum atomic E-state index is 13.5. The number of carbonyl (C=O) groups is 2. The van der Waals surface area contributed by atoms with Crippen LogP contribution in [0.3, 0.4) is 0 Å². The zero-order chi connectivity index (χ0) is 30.1. The van der Waals surface area contributed by atoms with Crippen LogP contribution in [-0.2, 0) is 39.0 Å². The van der Waals surface area contributed by atoms with Gasteiger partial charge in [0.05, 0.1) is 12.0 Å². The molecule has 8 nitrogen and oxygen atoms in total. The Morgan fingerprint density at radius 3 is 2.10 bits per heavy atom. The Balaban J connectivity index is 1.38. The molecule has 0 aliphatic carbocycles. The van der Waals surface area contributed by atoms with Crippen molar-refractivity contribution in [1.82, 2.24) is 14.5 Å². The molecule has 42 heavy (non-hydrogen) atoms. The number of sulfonamides is 1. The molecule has 3 aromatic carbocycles. The highest BCUT2D eigenvalue weighted by atomic mass is 35.5. The number of carbonyl (C=O) groups excluding carboxylic acids is 2. The molecule has 0 bridgehead atoms. The molecule has 1 unspecified atom stereocenters. The number of amides is 2. The Morgan fingerprint density at radius 1 is 0.905 bits per heavy atom. The Bertz CT molecular complexity index is 1440. The quantitative estimate of drug-likeness (QED) is 0.298. The van der Waals surface area contributed by atoms with Crippen molar-refractivity contribution >= 4 is 33.4 Å². The van der Waals surface area contributed by atoms with Gasteiger partial charge in [-0.1, -0.05) is 48.0 Å². The van der Waals surface area contributed by atoms with E-state index in [0.717, 1.165) is 35.3 Å². The maximum Gasteiger partial charge on any atom is 0.243 e. The van der Waals surface area contributed by atoms with E-state index in [0.29, 0.717) is 37.5 Å². The summed E-state index contributed by atoms with van der Waals surface area (Å²) in [6.45, 7) is 3.53. The highest BCUT2D eigenvalue weighted by Gasteiger charge is 2.28. The summed E-state index contributed by atoms with van der Waals surface area (Å²) in [7, 11) is -1.87. The Morgan fingerprint density at radius 2 is 1.48 bits per heavy atom. The van der Waals surface area contributed by atoms with Gasteiger partial charge in [0, 0.05) is 37.6 Å². The van der Waals surface area contributed by atoms with Crippen molar-refractivity contribution in [3.8, 4) is 5.75 Å². The zero-order valence-electron chi connectivity index (χ0n) is 24.1. The molecule has 1 atom stereocenters. The summed E-state index contributed by atoms with van der Waals surface area (Å²) < 4.78 is 32.4. The van der Waals surface area contributed by atoms with Crippen molar-refractivity contribution in [3.05, 3.63) is 94.5 Å². The van der Waals surface area contributed by atoms with Crippen molar-refractivity contribution in [3.63, 3.8) is 0 Å². The van der Waals surface area contributed by atoms with Crippen molar-refractivity contribution in [2.24, 2.45) is 0 Å². The average Bonchev–Trinajstić information content (AvgIpc) is 3.56. The van der Waals surface area contributed by atoms with Gasteiger partial charge in [-0.3, -0.25) is 9.59 Å². The van der Waals surface area contributed by atoms with Gasteiger partial charge in [-0.05, 0) is 85.7 Å². The van der Waals surface area contributed by atoms with Gasteiger partial charge in [-0.15, -0.1) is 0 Å². The second-order valence-corrected chi connectivity index (χ2v) is 12.8. The summed E-state index contributed by atoms with van der Waals surface area (Å²) in [5.74, 6) is 0.370. The van der Waals surface area contributed by atoms with Crippen LogP contribution in [0, 0.1) is 0 Å². The lowest BCUT2D eigenvalue weighted by molar-refractivity contribution is -0.140. The summed E-state index contributed by atoms with van der Waals surface area (Å²) in [6.07, 6.45) is 3.01. The monoisotopic (exact) mass is 611 g/mol. The van der Waals surface area contributed by atoms with Crippen LogP contribution >= 0.6 is 11.6 Å². The average molecular weight is 612 g/mol. The molecule has 1 heterocycles. The van der Waals surface area contributed by atoms with Crippen LogP contribution in [0.25, 0.3) is 0 Å². The number of hydrogen-bond donors (Lipinski definition) is 1. The lowest BCUT2D eigenvalue weighted by atomic mass is 10.1. The molecule has 3 aromatic rings. The highest BCUT2D eigenvalue weighted by Crippen LogP contribution is 2.22. The molecule has 1 saturated heterocycles. The fourth-order valence-electron chi connectivity index (χ4n) is 4.94. The molecule has 2 amide bonds. The predicted molar refractivity (Wildman–Crippen MR) is 164 cm³/mol. The van der Waals surface area contributed by atoms with Gasteiger partial charge in [0.15, 0.2) is 0 Å². The number of nitrogens with zero attached hydrogens (tertiary/aromatic N) is 2. The predicted octanol–water partition coefficient (Wildman–Crippen LogP) is 4.84. The van der Waals surface area contributed by atoms with Crippen molar-refractivity contribution in [2.75, 3.05) is 26.7 Å². The van der Waals surface area contributed by atoms with Crippen LogP contribution in [0.2, 0.25) is 5.02 Å². The van der Waals surface area contributed by atoms with E-state index in [2.05, 4.69) is 5.32 Å². The normalized spacial score (nSPS) is 14.4. The summed E-state index contributed by atoms with van der Waals surface area (Å²) in [6, 6.07) is 20.9. The Labute approximate surface area is 253 Å². The molecule has 0 aromatic heterocycles. The molecule has 0 spiro atoms. The Kier molecular flexibility index (Phi) is 11.0. The van der Waals surface area contributed by atoms with Gasteiger partial charge < -0.3 is 15.0 Å². The molecule has 1 aliphatic rings. The second-order valence-electron chi connectivity index (χ2n) is 10.5. The molecular formula is C32H38ClN3O5S. The van der Waals surface area contributed by atoms with Crippen molar-refractivity contribution < 1.29 is 22.7 Å². The van der Waals surface area contributed by atoms with E-state index in [9.17, 15) is 18.0 Å². The van der Waals surface area contributed by atoms with Gasteiger partial charge in [0.25, 0.3) is 0 Å². The first-order valence-electron chi connectivity index (χ1n) is 14.2. The van der Waals surface area contributed by atoms with Crippen LogP contribution in [-0.4, -0.2) is 62.2 Å². The van der Waals surface area contributed by atoms with Gasteiger partial charge in [-0.2, -0.15) is 4.31 Å². The first kappa shape index (κ1) is 31.5. The summed E-state index contributed by atoms with van der Waals surface area (Å²) >= 11 is 6.05. The number of ether oxygens (including phenoxy) is 1. The molecule has 224 valence electrons.